The number of ether oxygens (including phenoxy) is 1. The third-order valence-electron chi connectivity index (χ3n) is 2.13. The molecule has 0 bridgehead atoms. The highest BCUT2D eigenvalue weighted by Gasteiger charge is 2.21. The number of rotatable bonds is 2. The maximum atomic E-state index is 11.6. The molecule has 0 saturated heterocycles. The molecule has 0 aromatic carbocycles. The van der Waals surface area contributed by atoms with E-state index in [1.54, 1.807) is 35.3 Å². The van der Waals surface area contributed by atoms with Crippen LogP contribution < -0.4 is 3.07 Å². The highest BCUT2D eigenvalue weighted by atomic mass is 127. The zero-order valence-electron chi connectivity index (χ0n) is 8.61. The largest absolute Gasteiger partial charge is 0.464 e. The van der Waals surface area contributed by atoms with Gasteiger partial charge in [0.2, 0.25) is 0 Å². The van der Waals surface area contributed by atoms with Crippen LogP contribution in [0.2, 0.25) is 0 Å². The van der Waals surface area contributed by atoms with Gasteiger partial charge in [0.05, 0.1) is 7.11 Å². The third kappa shape index (κ3) is 2.21. The van der Waals surface area contributed by atoms with Gasteiger partial charge in [0.1, 0.15) is 10.1 Å². The van der Waals surface area contributed by atoms with Crippen molar-refractivity contribution in [1.29, 1.82) is 0 Å². The summed E-state index contributed by atoms with van der Waals surface area (Å²) in [6.45, 7) is 0. The minimum absolute atomic E-state index is 0.0972. The summed E-state index contributed by atoms with van der Waals surface area (Å²) in [6.07, 6.45) is 1.62. The van der Waals surface area contributed by atoms with Crippen molar-refractivity contribution in [2.45, 2.75) is 0 Å². The second-order valence-electron chi connectivity index (χ2n) is 3.05. The number of fused-ring (bicyclic) bond motifs is 1. The first-order valence-electron chi connectivity index (χ1n) is 4.50. The molecular formula is C10H6BrIN2O3. The van der Waals surface area contributed by atoms with E-state index in [0.29, 0.717) is 15.9 Å². The SMILES string of the molecule is COC(=O)c1nc(Br)c2cccnc2c1OI. The molecule has 0 aliphatic heterocycles. The van der Waals surface area contributed by atoms with Crippen LogP contribution in [0.4, 0.5) is 0 Å². The molecule has 0 amide bonds. The molecule has 0 aliphatic rings. The first-order chi connectivity index (χ1) is 8.19. The van der Waals surface area contributed by atoms with Crippen molar-refractivity contribution in [2.24, 2.45) is 0 Å². The molecule has 0 fully saturated rings. The van der Waals surface area contributed by atoms with Gasteiger partial charge in [-0.15, -0.1) is 0 Å². The van der Waals surface area contributed by atoms with Crippen molar-refractivity contribution in [3.05, 3.63) is 28.6 Å². The summed E-state index contributed by atoms with van der Waals surface area (Å²) in [5.41, 5.74) is 0.657. The second-order valence-corrected chi connectivity index (χ2v) is 4.24. The Hall–Kier alpha value is -0.960. The monoisotopic (exact) mass is 408 g/mol. The standard InChI is InChI=1S/C10H6BrIN2O3/c1-16-10(15)7-8(17-12)6-5(9(11)14-7)3-2-4-13-6/h2-4H,1H3. The van der Waals surface area contributed by atoms with E-state index in [0.717, 1.165) is 5.39 Å². The Bertz CT molecular complexity index is 591. The number of aromatic nitrogens is 2. The lowest BCUT2D eigenvalue weighted by molar-refractivity contribution is 0.0592. The van der Waals surface area contributed by atoms with Gasteiger partial charge in [0, 0.05) is 11.6 Å². The quantitative estimate of drug-likeness (QED) is 0.434. The van der Waals surface area contributed by atoms with Crippen LogP contribution >= 0.6 is 38.9 Å². The molecule has 88 valence electrons. The fourth-order valence-electron chi connectivity index (χ4n) is 1.38. The number of carbonyl (C=O) groups is 1. The highest BCUT2D eigenvalue weighted by Crippen LogP contribution is 2.32. The lowest BCUT2D eigenvalue weighted by atomic mass is 10.2. The molecule has 0 saturated carbocycles. The first-order valence-corrected chi connectivity index (χ1v) is 6.17. The zero-order chi connectivity index (χ0) is 12.4. The first kappa shape index (κ1) is 12.5. The van der Waals surface area contributed by atoms with Gasteiger partial charge in [-0.05, 0) is 28.1 Å². The lowest BCUT2D eigenvalue weighted by Crippen LogP contribution is -2.07. The van der Waals surface area contributed by atoms with Crippen LogP contribution in [-0.4, -0.2) is 23.0 Å². The molecule has 2 aromatic rings. The van der Waals surface area contributed by atoms with E-state index in [9.17, 15) is 4.79 Å². The van der Waals surface area contributed by atoms with Crippen molar-refractivity contribution < 1.29 is 12.6 Å². The van der Waals surface area contributed by atoms with E-state index >= 15 is 0 Å². The van der Waals surface area contributed by atoms with Crippen LogP contribution in [-0.2, 0) is 4.74 Å². The molecule has 0 N–H and O–H groups in total. The molecule has 2 heterocycles. The fourth-order valence-corrected chi connectivity index (χ4v) is 2.30. The maximum absolute atomic E-state index is 11.6. The summed E-state index contributed by atoms with van der Waals surface area (Å²) in [7, 11) is 1.29. The van der Waals surface area contributed by atoms with Crippen LogP contribution in [0.25, 0.3) is 10.9 Å². The van der Waals surface area contributed by atoms with E-state index in [-0.39, 0.29) is 5.69 Å². The summed E-state index contributed by atoms with van der Waals surface area (Å²) in [5, 5.41) is 0.770. The number of pyridine rings is 2. The Kier molecular flexibility index (Phi) is 3.77. The fraction of sp³-hybridized carbons (Fsp3) is 0.100. The molecule has 2 rings (SSSR count). The van der Waals surface area contributed by atoms with Gasteiger partial charge in [-0.3, -0.25) is 4.98 Å². The molecule has 7 heteroatoms. The lowest BCUT2D eigenvalue weighted by Gasteiger charge is -2.08. The molecule has 2 aromatic heterocycles. The topological polar surface area (TPSA) is 61.3 Å². The molecule has 0 radical (unpaired) electrons. The van der Waals surface area contributed by atoms with Crippen LogP contribution in [0, 0.1) is 0 Å². The van der Waals surface area contributed by atoms with Gasteiger partial charge in [-0.1, -0.05) is 0 Å². The highest BCUT2D eigenvalue weighted by molar-refractivity contribution is 14.1. The van der Waals surface area contributed by atoms with E-state index in [1.807, 2.05) is 6.07 Å². The Morgan fingerprint density at radius 2 is 2.29 bits per heavy atom. The van der Waals surface area contributed by atoms with E-state index in [2.05, 4.69) is 30.6 Å². The minimum atomic E-state index is -0.565. The Morgan fingerprint density at radius 1 is 1.53 bits per heavy atom. The molecule has 0 aliphatic carbocycles. The van der Waals surface area contributed by atoms with Gasteiger partial charge >= 0.3 is 5.97 Å². The zero-order valence-corrected chi connectivity index (χ0v) is 12.4. The number of esters is 1. The minimum Gasteiger partial charge on any atom is -0.464 e. The summed E-state index contributed by atoms with van der Waals surface area (Å²) < 4.78 is 10.3. The van der Waals surface area contributed by atoms with Crippen LogP contribution in [0.5, 0.6) is 5.75 Å². The number of carbonyl (C=O) groups excluding carboxylic acids is 1. The molecule has 5 nitrogen and oxygen atoms in total. The molecular weight excluding hydrogens is 403 g/mol. The molecule has 17 heavy (non-hydrogen) atoms. The van der Waals surface area contributed by atoms with E-state index in [4.69, 9.17) is 3.07 Å². The van der Waals surface area contributed by atoms with Crippen molar-refractivity contribution in [2.75, 3.05) is 7.11 Å². The van der Waals surface area contributed by atoms with E-state index < -0.39 is 5.97 Å². The van der Waals surface area contributed by atoms with Crippen molar-refractivity contribution in [3.8, 4) is 5.75 Å². The van der Waals surface area contributed by atoms with Crippen molar-refractivity contribution >= 4 is 55.8 Å². The summed E-state index contributed by atoms with van der Waals surface area (Å²) in [5.74, 6) is -0.263. The van der Waals surface area contributed by atoms with Gasteiger partial charge in [0.15, 0.2) is 34.4 Å². The third-order valence-corrected chi connectivity index (χ3v) is 3.17. The number of halogens is 2. The summed E-state index contributed by atoms with van der Waals surface area (Å²) >= 11 is 4.98. The molecule has 0 unspecified atom stereocenters. The van der Waals surface area contributed by atoms with Gasteiger partial charge in [0.25, 0.3) is 0 Å². The normalized spacial score (nSPS) is 10.3. The average molecular weight is 409 g/mol. The van der Waals surface area contributed by atoms with Crippen LogP contribution in [0.15, 0.2) is 22.9 Å². The Morgan fingerprint density at radius 3 is 2.94 bits per heavy atom. The smallest absolute Gasteiger partial charge is 0.360 e. The van der Waals surface area contributed by atoms with Crippen molar-refractivity contribution in [1.82, 2.24) is 9.97 Å². The molecule has 0 atom stereocenters. The average Bonchev–Trinajstić information content (AvgIpc) is 2.38. The van der Waals surface area contributed by atoms with Gasteiger partial charge < -0.3 is 7.80 Å². The Labute approximate surface area is 119 Å². The number of methoxy groups -OCH3 is 1. The number of nitrogens with zero attached hydrogens (tertiary/aromatic N) is 2. The van der Waals surface area contributed by atoms with Crippen molar-refractivity contribution in [3.63, 3.8) is 0 Å². The second kappa shape index (κ2) is 5.13. The van der Waals surface area contributed by atoms with Crippen LogP contribution in [0.3, 0.4) is 0 Å². The van der Waals surface area contributed by atoms with Gasteiger partial charge in [-0.25, -0.2) is 9.78 Å². The molecule has 0 spiro atoms. The predicted octanol–water partition coefficient (Wildman–Crippen LogP) is 2.91. The Balaban J connectivity index is 2.82. The van der Waals surface area contributed by atoms with E-state index in [1.165, 1.54) is 7.11 Å². The number of hydrogen-bond donors (Lipinski definition) is 0. The maximum Gasteiger partial charge on any atom is 0.360 e. The predicted molar refractivity (Wildman–Crippen MR) is 73.2 cm³/mol. The number of hydrogen-bond acceptors (Lipinski definition) is 5. The van der Waals surface area contributed by atoms with Crippen LogP contribution in [0.1, 0.15) is 10.5 Å². The summed E-state index contributed by atoms with van der Waals surface area (Å²) in [6, 6.07) is 3.61. The van der Waals surface area contributed by atoms with Gasteiger partial charge in [-0.2, -0.15) is 0 Å². The summed E-state index contributed by atoms with van der Waals surface area (Å²) in [4.78, 5) is 19.9.